The van der Waals surface area contributed by atoms with Crippen LogP contribution in [0.3, 0.4) is 0 Å². The lowest BCUT2D eigenvalue weighted by Gasteiger charge is -2.27. The summed E-state index contributed by atoms with van der Waals surface area (Å²) in [6.45, 7) is 8.96. The van der Waals surface area contributed by atoms with Gasteiger partial charge in [-0.25, -0.2) is 4.98 Å². The molecule has 0 spiro atoms. The molecular weight excluding hydrogens is 374 g/mol. The second-order valence-corrected chi connectivity index (χ2v) is 8.21. The molecule has 0 bridgehead atoms. The van der Waals surface area contributed by atoms with E-state index in [2.05, 4.69) is 46.3 Å². The van der Waals surface area contributed by atoms with Crippen LogP contribution in [0.4, 0.5) is 5.82 Å². The number of anilines is 1. The molecule has 0 atom stereocenters. The van der Waals surface area contributed by atoms with Crippen molar-refractivity contribution in [1.82, 2.24) is 4.98 Å². The van der Waals surface area contributed by atoms with E-state index in [4.69, 9.17) is 9.40 Å². The van der Waals surface area contributed by atoms with Crippen LogP contribution < -0.4 is 4.90 Å². The largest absolute Gasteiger partial charge is 0.461 e. The number of fused-ring (bicyclic) bond motifs is 1. The molecule has 0 radical (unpaired) electrons. The van der Waals surface area contributed by atoms with E-state index in [1.165, 1.54) is 36.1 Å². The molecule has 30 heavy (non-hydrogen) atoms. The Hall–Kier alpha value is -2.50. The lowest BCUT2D eigenvalue weighted by Crippen LogP contribution is -2.27. The predicted molar refractivity (Wildman–Crippen MR) is 122 cm³/mol. The third kappa shape index (κ3) is 4.18. The number of pyridine rings is 1. The fraction of sp³-hybridized carbons (Fsp3) is 0.583. The van der Waals surface area contributed by atoms with Crippen LogP contribution in [0.2, 0.25) is 0 Å². The number of hydrogen-bond donors (Lipinski definition) is 0. The molecule has 0 unspecified atom stereocenters. The first-order valence-corrected chi connectivity index (χ1v) is 11.5. The number of furan rings is 1. The SMILES string of the molecule is CCN(CC)c1nc2c(c(-c3ccc(C)o3)c1/C1=N\N=NCCCC1)CCCCC2. The number of rotatable bonds is 5. The maximum absolute atomic E-state index is 6.21. The third-order valence-corrected chi connectivity index (χ3v) is 6.19. The Kier molecular flexibility index (Phi) is 6.60. The summed E-state index contributed by atoms with van der Waals surface area (Å²) in [7, 11) is 0. The Bertz CT molecular complexity index is 939. The molecule has 1 aliphatic carbocycles. The average molecular weight is 408 g/mol. The Morgan fingerprint density at radius 1 is 0.933 bits per heavy atom. The summed E-state index contributed by atoms with van der Waals surface area (Å²) in [5, 5.41) is 13.0. The molecule has 6 nitrogen and oxygen atoms in total. The summed E-state index contributed by atoms with van der Waals surface area (Å²) in [6, 6.07) is 4.16. The Morgan fingerprint density at radius 3 is 2.50 bits per heavy atom. The van der Waals surface area contributed by atoms with Crippen molar-refractivity contribution in [2.24, 2.45) is 15.4 Å². The monoisotopic (exact) mass is 407 g/mol. The molecule has 0 N–H and O–H groups in total. The highest BCUT2D eigenvalue weighted by atomic mass is 16.3. The topological polar surface area (TPSA) is 66.3 Å². The van der Waals surface area contributed by atoms with Gasteiger partial charge in [0.05, 0.1) is 17.8 Å². The third-order valence-electron chi connectivity index (χ3n) is 6.19. The van der Waals surface area contributed by atoms with Gasteiger partial charge in [-0.05, 0) is 88.6 Å². The molecule has 2 aromatic rings. The summed E-state index contributed by atoms with van der Waals surface area (Å²) in [6.07, 6.45) is 8.69. The van der Waals surface area contributed by atoms with Crippen LogP contribution in [0.1, 0.15) is 75.0 Å². The van der Waals surface area contributed by atoms with Crippen molar-refractivity contribution < 1.29 is 4.42 Å². The predicted octanol–water partition coefficient (Wildman–Crippen LogP) is 6.11. The molecule has 1 aliphatic heterocycles. The Labute approximate surface area is 179 Å². The first-order chi connectivity index (χ1) is 14.7. The first-order valence-electron chi connectivity index (χ1n) is 11.5. The highest BCUT2D eigenvalue weighted by Gasteiger charge is 2.28. The summed E-state index contributed by atoms with van der Waals surface area (Å²) in [5.74, 6) is 2.89. The molecule has 0 fully saturated rings. The van der Waals surface area contributed by atoms with Crippen LogP contribution in [-0.4, -0.2) is 30.3 Å². The summed E-state index contributed by atoms with van der Waals surface area (Å²) in [5.41, 5.74) is 5.86. The van der Waals surface area contributed by atoms with Crippen LogP contribution in [-0.2, 0) is 12.8 Å². The van der Waals surface area contributed by atoms with E-state index in [1.807, 2.05) is 6.92 Å². The van der Waals surface area contributed by atoms with E-state index in [0.29, 0.717) is 0 Å². The van der Waals surface area contributed by atoms with Gasteiger partial charge in [-0.2, -0.15) is 5.11 Å². The molecule has 2 aliphatic rings. The smallest absolute Gasteiger partial charge is 0.138 e. The molecule has 0 saturated carbocycles. The second-order valence-electron chi connectivity index (χ2n) is 8.21. The van der Waals surface area contributed by atoms with Gasteiger partial charge in [-0.3, -0.25) is 0 Å². The van der Waals surface area contributed by atoms with Gasteiger partial charge in [-0.1, -0.05) is 6.42 Å². The molecular formula is C24H33N5O. The lowest BCUT2D eigenvalue weighted by molar-refractivity contribution is 0.547. The highest BCUT2D eigenvalue weighted by Crippen LogP contribution is 2.39. The fourth-order valence-corrected chi connectivity index (χ4v) is 4.60. The number of aromatic nitrogens is 1. The fourth-order valence-electron chi connectivity index (χ4n) is 4.60. The van der Waals surface area contributed by atoms with Crippen LogP contribution in [0.15, 0.2) is 32.0 Å². The minimum atomic E-state index is 0.756. The minimum Gasteiger partial charge on any atom is -0.461 e. The number of hydrogen-bond acceptors (Lipinski definition) is 6. The Morgan fingerprint density at radius 2 is 1.73 bits per heavy atom. The van der Waals surface area contributed by atoms with Crippen molar-refractivity contribution in [2.45, 2.75) is 72.1 Å². The molecule has 160 valence electrons. The van der Waals surface area contributed by atoms with Gasteiger partial charge >= 0.3 is 0 Å². The highest BCUT2D eigenvalue weighted by molar-refractivity contribution is 6.10. The van der Waals surface area contributed by atoms with Gasteiger partial charge in [0, 0.05) is 24.3 Å². The molecule has 0 aromatic carbocycles. The zero-order valence-electron chi connectivity index (χ0n) is 18.6. The molecule has 6 heteroatoms. The normalized spacial score (nSPS) is 18.7. The van der Waals surface area contributed by atoms with E-state index in [9.17, 15) is 0 Å². The van der Waals surface area contributed by atoms with Crippen molar-refractivity contribution in [3.05, 3.63) is 34.7 Å². The lowest BCUT2D eigenvalue weighted by atomic mass is 9.90. The van der Waals surface area contributed by atoms with E-state index < -0.39 is 0 Å². The maximum Gasteiger partial charge on any atom is 0.138 e. The van der Waals surface area contributed by atoms with E-state index >= 15 is 0 Å². The van der Waals surface area contributed by atoms with Gasteiger partial charge < -0.3 is 9.32 Å². The number of nitrogens with zero attached hydrogens (tertiary/aromatic N) is 5. The molecule has 0 saturated heterocycles. The van der Waals surface area contributed by atoms with Crippen LogP contribution >= 0.6 is 0 Å². The van der Waals surface area contributed by atoms with Gasteiger partial charge in [0.1, 0.15) is 17.3 Å². The maximum atomic E-state index is 6.21. The van der Waals surface area contributed by atoms with Crippen molar-refractivity contribution in [2.75, 3.05) is 24.5 Å². The molecule has 4 rings (SSSR count). The average Bonchev–Trinajstić information content (AvgIpc) is 3.01. The van der Waals surface area contributed by atoms with Crippen molar-refractivity contribution in [3.8, 4) is 11.3 Å². The Balaban J connectivity index is 2.04. The zero-order valence-corrected chi connectivity index (χ0v) is 18.6. The zero-order chi connectivity index (χ0) is 20.9. The van der Waals surface area contributed by atoms with E-state index in [1.54, 1.807) is 0 Å². The van der Waals surface area contributed by atoms with Crippen LogP contribution in [0.25, 0.3) is 11.3 Å². The van der Waals surface area contributed by atoms with E-state index in [0.717, 1.165) is 80.4 Å². The number of aryl methyl sites for hydroxylation is 2. The van der Waals surface area contributed by atoms with Crippen molar-refractivity contribution in [1.29, 1.82) is 0 Å². The second kappa shape index (κ2) is 9.54. The quantitative estimate of drug-likeness (QED) is 0.562. The minimum absolute atomic E-state index is 0.756. The van der Waals surface area contributed by atoms with E-state index in [-0.39, 0.29) is 0 Å². The van der Waals surface area contributed by atoms with Crippen molar-refractivity contribution >= 4 is 11.5 Å². The van der Waals surface area contributed by atoms with Crippen LogP contribution in [0, 0.1) is 6.92 Å². The summed E-state index contributed by atoms with van der Waals surface area (Å²) >= 11 is 0. The van der Waals surface area contributed by atoms with Crippen LogP contribution in [0.5, 0.6) is 0 Å². The molecule has 3 heterocycles. The van der Waals surface area contributed by atoms with Gasteiger partial charge in [0.2, 0.25) is 0 Å². The molecule has 0 amide bonds. The first kappa shape index (κ1) is 20.8. The molecule has 2 aromatic heterocycles. The van der Waals surface area contributed by atoms with Gasteiger partial charge in [0.15, 0.2) is 0 Å². The summed E-state index contributed by atoms with van der Waals surface area (Å²) in [4.78, 5) is 7.61. The standard InChI is InChI=1S/C24H33N5O/c1-4-29(5-2)24-23(20-13-9-10-16-25-28-27-20)22(21-15-14-17(3)30-21)18-11-7-6-8-12-19(18)26-24/h14-15H,4-13,16H2,1-3H3/b27-20-,28-25?. The van der Waals surface area contributed by atoms with Gasteiger partial charge in [0.25, 0.3) is 0 Å². The van der Waals surface area contributed by atoms with Gasteiger partial charge in [-0.15, -0.1) is 5.10 Å². The summed E-state index contributed by atoms with van der Waals surface area (Å²) < 4.78 is 6.21. The van der Waals surface area contributed by atoms with Crippen molar-refractivity contribution in [3.63, 3.8) is 0 Å².